The van der Waals surface area contributed by atoms with Crippen LogP contribution in [0.25, 0.3) is 0 Å². The normalized spacial score (nSPS) is 10.4. The Morgan fingerprint density at radius 3 is 2.22 bits per heavy atom. The van der Waals surface area contributed by atoms with Gasteiger partial charge in [-0.1, -0.05) is 11.3 Å². The fourth-order valence-electron chi connectivity index (χ4n) is 1.92. The Labute approximate surface area is 136 Å². The van der Waals surface area contributed by atoms with Crippen molar-refractivity contribution in [3.63, 3.8) is 0 Å². The number of furan rings is 1. The number of carbonyl (C=O) groups is 2. The summed E-state index contributed by atoms with van der Waals surface area (Å²) in [6.07, 6.45) is 0. The van der Waals surface area contributed by atoms with E-state index >= 15 is 0 Å². The molecule has 0 saturated carbocycles. The molecule has 1 N–H and O–H groups in total. The monoisotopic (exact) mass is 339 g/mol. The van der Waals surface area contributed by atoms with Crippen LogP contribution in [-0.4, -0.2) is 35.3 Å². The number of hydrogen-bond acceptors (Lipinski definition) is 9. The van der Waals surface area contributed by atoms with Crippen LogP contribution in [0.4, 0.5) is 11.0 Å². The highest BCUT2D eigenvalue weighted by molar-refractivity contribution is 7.15. The summed E-state index contributed by atoms with van der Waals surface area (Å²) in [7, 11) is 0. The molecule has 0 aliphatic rings. The number of nitrogens with zero attached hydrogens (tertiary/aromatic N) is 2. The third-order valence-electron chi connectivity index (χ3n) is 2.79. The van der Waals surface area contributed by atoms with Crippen molar-refractivity contribution >= 4 is 34.3 Å². The van der Waals surface area contributed by atoms with Gasteiger partial charge in [-0.2, -0.15) is 0 Å². The highest BCUT2D eigenvalue weighted by atomic mass is 32.1. The van der Waals surface area contributed by atoms with Gasteiger partial charge in [-0.15, -0.1) is 10.2 Å². The Kier molecular flexibility index (Phi) is 5.32. The van der Waals surface area contributed by atoms with Gasteiger partial charge in [0.05, 0.1) is 13.2 Å². The van der Waals surface area contributed by atoms with Gasteiger partial charge in [-0.3, -0.25) is 5.32 Å². The van der Waals surface area contributed by atoms with E-state index in [1.165, 1.54) is 11.3 Å². The lowest BCUT2D eigenvalue weighted by Gasteiger charge is -2.05. The van der Waals surface area contributed by atoms with Gasteiger partial charge in [0.2, 0.25) is 11.0 Å². The largest absolute Gasteiger partial charge is 0.462 e. The van der Waals surface area contributed by atoms with E-state index in [1.807, 2.05) is 0 Å². The Hall–Kier alpha value is -2.42. The Morgan fingerprint density at radius 2 is 1.70 bits per heavy atom. The number of carbonyl (C=O) groups excluding carboxylic acids is 2. The molecule has 2 rings (SSSR count). The van der Waals surface area contributed by atoms with E-state index in [2.05, 4.69) is 15.5 Å². The van der Waals surface area contributed by atoms with Crippen molar-refractivity contribution in [3.05, 3.63) is 21.9 Å². The second kappa shape index (κ2) is 7.23. The molecule has 2 heterocycles. The molecule has 0 bridgehead atoms. The van der Waals surface area contributed by atoms with Crippen molar-refractivity contribution < 1.29 is 23.5 Å². The smallest absolute Gasteiger partial charge is 0.344 e. The van der Waals surface area contributed by atoms with Crippen molar-refractivity contribution in [2.75, 3.05) is 18.5 Å². The lowest BCUT2D eigenvalue weighted by atomic mass is 10.1. The van der Waals surface area contributed by atoms with Crippen molar-refractivity contribution in [1.29, 1.82) is 0 Å². The number of anilines is 2. The molecule has 0 amide bonds. The predicted octanol–water partition coefficient (Wildman–Crippen LogP) is 2.84. The summed E-state index contributed by atoms with van der Waals surface area (Å²) in [6, 6.07) is 0. The average Bonchev–Trinajstić information content (AvgIpc) is 3.03. The molecule has 0 aliphatic carbocycles. The van der Waals surface area contributed by atoms with Crippen LogP contribution in [0.5, 0.6) is 0 Å². The number of aromatic nitrogens is 2. The summed E-state index contributed by atoms with van der Waals surface area (Å²) in [6.45, 7) is 7.08. The van der Waals surface area contributed by atoms with Crippen LogP contribution in [0.1, 0.15) is 45.3 Å². The summed E-state index contributed by atoms with van der Waals surface area (Å²) in [5, 5.41) is 11.8. The highest BCUT2D eigenvalue weighted by Gasteiger charge is 2.31. The molecule has 9 heteroatoms. The number of esters is 2. The number of rotatable bonds is 6. The lowest BCUT2D eigenvalue weighted by molar-refractivity contribution is 0.0480. The fourth-order valence-corrected chi connectivity index (χ4v) is 2.51. The molecular formula is C14H17N3O5S. The summed E-state index contributed by atoms with van der Waals surface area (Å²) >= 11 is 1.29. The fraction of sp³-hybridized carbons (Fsp3) is 0.429. The van der Waals surface area contributed by atoms with E-state index in [-0.39, 0.29) is 36.0 Å². The average molecular weight is 339 g/mol. The maximum Gasteiger partial charge on any atom is 0.344 e. The molecule has 124 valence electrons. The first-order valence-electron chi connectivity index (χ1n) is 7.02. The first-order valence-corrected chi connectivity index (χ1v) is 7.84. The van der Waals surface area contributed by atoms with Crippen LogP contribution in [-0.2, 0) is 9.47 Å². The number of nitrogens with one attached hydrogen (secondary N) is 1. The van der Waals surface area contributed by atoms with Crippen molar-refractivity contribution in [3.8, 4) is 0 Å². The van der Waals surface area contributed by atoms with Crippen molar-refractivity contribution in [2.24, 2.45) is 0 Å². The van der Waals surface area contributed by atoms with Crippen LogP contribution in [0.2, 0.25) is 0 Å². The van der Waals surface area contributed by atoms with Crippen LogP contribution in [0.15, 0.2) is 4.42 Å². The lowest BCUT2D eigenvalue weighted by Crippen LogP contribution is -2.14. The third kappa shape index (κ3) is 3.67. The maximum absolute atomic E-state index is 12.2. The molecule has 0 aromatic carbocycles. The topological polar surface area (TPSA) is 104 Å². The molecule has 0 spiro atoms. The van der Waals surface area contributed by atoms with E-state index in [4.69, 9.17) is 13.9 Å². The summed E-state index contributed by atoms with van der Waals surface area (Å²) < 4.78 is 15.5. The van der Waals surface area contributed by atoms with Gasteiger partial charge in [0.1, 0.15) is 21.9 Å². The van der Waals surface area contributed by atoms with Gasteiger partial charge in [-0.25, -0.2) is 9.59 Å². The molecule has 8 nitrogen and oxygen atoms in total. The number of hydrogen-bond donors (Lipinski definition) is 1. The number of aryl methyl sites for hydroxylation is 2. The molecule has 0 saturated heterocycles. The molecule has 2 aromatic rings. The molecule has 2 aromatic heterocycles. The molecule has 0 unspecified atom stereocenters. The van der Waals surface area contributed by atoms with Gasteiger partial charge < -0.3 is 13.9 Å². The molecule has 23 heavy (non-hydrogen) atoms. The maximum atomic E-state index is 12.2. The van der Waals surface area contributed by atoms with Crippen LogP contribution in [0, 0.1) is 13.8 Å². The zero-order valence-corrected chi connectivity index (χ0v) is 14.1. The van der Waals surface area contributed by atoms with Crippen LogP contribution < -0.4 is 5.32 Å². The van der Waals surface area contributed by atoms with Gasteiger partial charge in [-0.05, 0) is 27.7 Å². The zero-order valence-electron chi connectivity index (χ0n) is 13.3. The standard InChI is InChI=1S/C14H17N3O5S/c1-5-20-12(18)9-7(3)22-11(10(9)13(19)21-6-2)15-14-17-16-8(4)23-14/h5-6H2,1-4H3,(H,15,17). The Balaban J connectivity index is 2.46. The Bertz CT molecular complexity index is 722. The van der Waals surface area contributed by atoms with Gasteiger partial charge >= 0.3 is 11.9 Å². The molecule has 0 radical (unpaired) electrons. The minimum atomic E-state index is -0.670. The van der Waals surface area contributed by atoms with Gasteiger partial charge in [0, 0.05) is 0 Å². The van der Waals surface area contributed by atoms with Crippen molar-refractivity contribution in [1.82, 2.24) is 10.2 Å². The second-order valence-corrected chi connectivity index (χ2v) is 5.61. The summed E-state index contributed by atoms with van der Waals surface area (Å²) in [5.74, 6) is -0.968. The first kappa shape index (κ1) is 16.9. The third-order valence-corrected chi connectivity index (χ3v) is 3.54. The van der Waals surface area contributed by atoms with E-state index < -0.39 is 11.9 Å². The highest BCUT2D eigenvalue weighted by Crippen LogP contribution is 2.31. The SMILES string of the molecule is CCOC(=O)c1c(C)oc(Nc2nnc(C)s2)c1C(=O)OCC. The predicted molar refractivity (Wildman–Crippen MR) is 83.3 cm³/mol. The molecule has 0 fully saturated rings. The van der Waals surface area contributed by atoms with Gasteiger partial charge in [0.25, 0.3) is 0 Å². The van der Waals surface area contributed by atoms with Crippen LogP contribution in [0.3, 0.4) is 0 Å². The first-order chi connectivity index (χ1) is 11.0. The quantitative estimate of drug-likeness (QED) is 0.801. The molecular weight excluding hydrogens is 322 g/mol. The van der Waals surface area contributed by atoms with Crippen molar-refractivity contribution in [2.45, 2.75) is 27.7 Å². The van der Waals surface area contributed by atoms with E-state index in [0.29, 0.717) is 5.13 Å². The summed E-state index contributed by atoms with van der Waals surface area (Å²) in [4.78, 5) is 24.4. The second-order valence-electron chi connectivity index (χ2n) is 4.43. The van der Waals surface area contributed by atoms with E-state index in [0.717, 1.165) is 5.01 Å². The van der Waals surface area contributed by atoms with E-state index in [1.54, 1.807) is 27.7 Å². The van der Waals surface area contributed by atoms with Crippen LogP contribution >= 0.6 is 11.3 Å². The molecule has 0 aliphatic heterocycles. The minimum absolute atomic E-state index is 0.00402. The van der Waals surface area contributed by atoms with E-state index in [9.17, 15) is 9.59 Å². The zero-order chi connectivity index (χ0) is 17.0. The molecule has 0 atom stereocenters. The summed E-state index contributed by atoms with van der Waals surface area (Å²) in [5.41, 5.74) is 0.0460. The number of ether oxygens (including phenoxy) is 2. The van der Waals surface area contributed by atoms with Gasteiger partial charge in [0.15, 0.2) is 0 Å². The minimum Gasteiger partial charge on any atom is -0.462 e. The Morgan fingerprint density at radius 1 is 1.09 bits per heavy atom.